The maximum atomic E-state index is 10.9. The lowest BCUT2D eigenvalue weighted by atomic mass is 10.00. The van der Waals surface area contributed by atoms with Crippen molar-refractivity contribution >= 4 is 5.97 Å². The van der Waals surface area contributed by atoms with Gasteiger partial charge in [-0.3, -0.25) is 4.79 Å². The largest absolute Gasteiger partial charge is 0.481 e. The summed E-state index contributed by atoms with van der Waals surface area (Å²) in [6.07, 6.45) is 2.53. The van der Waals surface area contributed by atoms with Gasteiger partial charge in [0.2, 0.25) is 0 Å². The SMILES string of the molecule is CC(Cc1ccco1)NCc1ccc(C(C)C(=O)O)cc1. The van der Waals surface area contributed by atoms with E-state index in [0.717, 1.165) is 29.9 Å². The Morgan fingerprint density at radius 1 is 1.24 bits per heavy atom. The molecule has 2 rings (SSSR count). The van der Waals surface area contributed by atoms with Crippen LogP contribution in [0.1, 0.15) is 36.7 Å². The first-order valence-electron chi connectivity index (χ1n) is 7.13. The molecule has 0 aliphatic heterocycles. The number of nitrogens with one attached hydrogen (secondary N) is 1. The Labute approximate surface area is 124 Å². The van der Waals surface area contributed by atoms with Crippen molar-refractivity contribution < 1.29 is 14.3 Å². The van der Waals surface area contributed by atoms with Crippen LogP contribution in [0.4, 0.5) is 0 Å². The summed E-state index contributed by atoms with van der Waals surface area (Å²) in [6.45, 7) is 4.56. The Balaban J connectivity index is 1.84. The number of hydrogen-bond donors (Lipinski definition) is 2. The van der Waals surface area contributed by atoms with Gasteiger partial charge in [-0.1, -0.05) is 24.3 Å². The predicted molar refractivity (Wildman–Crippen MR) is 81.2 cm³/mol. The second-order valence-corrected chi connectivity index (χ2v) is 5.37. The van der Waals surface area contributed by atoms with Crippen molar-refractivity contribution in [3.8, 4) is 0 Å². The third-order valence-corrected chi connectivity index (χ3v) is 3.59. The molecule has 4 nitrogen and oxygen atoms in total. The third-order valence-electron chi connectivity index (χ3n) is 3.59. The molecular formula is C17H21NO3. The molecule has 2 aromatic rings. The smallest absolute Gasteiger partial charge is 0.310 e. The number of rotatable bonds is 7. The molecule has 0 spiro atoms. The van der Waals surface area contributed by atoms with E-state index in [-0.39, 0.29) is 0 Å². The molecule has 0 aliphatic rings. The Bertz CT molecular complexity index is 560. The van der Waals surface area contributed by atoms with Crippen molar-refractivity contribution in [3.05, 3.63) is 59.5 Å². The summed E-state index contributed by atoms with van der Waals surface area (Å²) in [7, 11) is 0. The van der Waals surface area contributed by atoms with E-state index in [1.54, 1.807) is 13.2 Å². The summed E-state index contributed by atoms with van der Waals surface area (Å²) < 4.78 is 5.33. The number of benzene rings is 1. The molecule has 0 saturated heterocycles. The van der Waals surface area contributed by atoms with E-state index in [2.05, 4.69) is 12.2 Å². The zero-order valence-corrected chi connectivity index (χ0v) is 12.4. The number of carboxylic acid groups (broad SMARTS) is 1. The molecule has 0 saturated carbocycles. The van der Waals surface area contributed by atoms with Crippen LogP contribution in [0.3, 0.4) is 0 Å². The van der Waals surface area contributed by atoms with Crippen LogP contribution in [0.5, 0.6) is 0 Å². The molecule has 2 atom stereocenters. The molecule has 0 radical (unpaired) electrons. The first-order chi connectivity index (χ1) is 10.1. The molecule has 1 aromatic heterocycles. The number of furan rings is 1. The van der Waals surface area contributed by atoms with Crippen LogP contribution >= 0.6 is 0 Å². The summed E-state index contributed by atoms with van der Waals surface area (Å²) in [4.78, 5) is 10.9. The van der Waals surface area contributed by atoms with Gasteiger partial charge in [0.15, 0.2) is 0 Å². The van der Waals surface area contributed by atoms with Crippen LogP contribution in [-0.2, 0) is 17.8 Å². The molecule has 4 heteroatoms. The number of carbonyl (C=O) groups is 1. The maximum absolute atomic E-state index is 10.9. The van der Waals surface area contributed by atoms with Gasteiger partial charge in [0.1, 0.15) is 5.76 Å². The fourth-order valence-corrected chi connectivity index (χ4v) is 2.16. The van der Waals surface area contributed by atoms with E-state index < -0.39 is 11.9 Å². The van der Waals surface area contributed by atoms with Gasteiger partial charge in [-0.15, -0.1) is 0 Å². The van der Waals surface area contributed by atoms with Crippen LogP contribution in [0.15, 0.2) is 47.1 Å². The van der Waals surface area contributed by atoms with Gasteiger partial charge in [-0.05, 0) is 37.1 Å². The predicted octanol–water partition coefficient (Wildman–Crippen LogP) is 3.19. The topological polar surface area (TPSA) is 62.5 Å². The molecule has 1 heterocycles. The minimum atomic E-state index is -0.798. The fraction of sp³-hybridized carbons (Fsp3) is 0.353. The minimum Gasteiger partial charge on any atom is -0.481 e. The molecule has 0 bridgehead atoms. The maximum Gasteiger partial charge on any atom is 0.310 e. The van der Waals surface area contributed by atoms with Crippen molar-refractivity contribution in [3.63, 3.8) is 0 Å². The molecule has 2 unspecified atom stereocenters. The number of aliphatic carboxylic acids is 1. The van der Waals surface area contributed by atoms with Crippen LogP contribution in [0.25, 0.3) is 0 Å². The Hall–Kier alpha value is -2.07. The summed E-state index contributed by atoms with van der Waals surface area (Å²) in [5, 5.41) is 12.4. The van der Waals surface area contributed by atoms with Gasteiger partial charge >= 0.3 is 5.97 Å². The van der Waals surface area contributed by atoms with Crippen molar-refractivity contribution in [2.45, 2.75) is 38.8 Å². The van der Waals surface area contributed by atoms with Crippen LogP contribution in [0.2, 0.25) is 0 Å². The summed E-state index contributed by atoms with van der Waals surface area (Å²) in [6, 6.07) is 11.9. The highest BCUT2D eigenvalue weighted by Crippen LogP contribution is 2.16. The lowest BCUT2D eigenvalue weighted by Crippen LogP contribution is -2.27. The van der Waals surface area contributed by atoms with Crippen molar-refractivity contribution in [1.29, 1.82) is 0 Å². The third kappa shape index (κ3) is 4.46. The fourth-order valence-electron chi connectivity index (χ4n) is 2.16. The monoisotopic (exact) mass is 287 g/mol. The van der Waals surface area contributed by atoms with Gasteiger partial charge in [0.25, 0.3) is 0 Å². The highest BCUT2D eigenvalue weighted by molar-refractivity contribution is 5.75. The Morgan fingerprint density at radius 2 is 1.95 bits per heavy atom. The standard InChI is InChI=1S/C17H21NO3/c1-12(10-16-4-3-9-21-16)18-11-14-5-7-15(8-6-14)13(2)17(19)20/h3-9,12-13,18H,10-11H2,1-2H3,(H,19,20). The molecular weight excluding hydrogens is 266 g/mol. The number of hydrogen-bond acceptors (Lipinski definition) is 3. The highest BCUT2D eigenvalue weighted by Gasteiger charge is 2.13. The van der Waals surface area contributed by atoms with Crippen molar-refractivity contribution in [2.75, 3.05) is 0 Å². The lowest BCUT2D eigenvalue weighted by molar-refractivity contribution is -0.138. The quantitative estimate of drug-likeness (QED) is 0.821. The van der Waals surface area contributed by atoms with E-state index in [1.807, 2.05) is 36.4 Å². The second kappa shape index (κ2) is 7.09. The van der Waals surface area contributed by atoms with Crippen LogP contribution in [0, 0.1) is 0 Å². The van der Waals surface area contributed by atoms with E-state index in [9.17, 15) is 4.79 Å². The average molecular weight is 287 g/mol. The van der Waals surface area contributed by atoms with Gasteiger partial charge in [-0.2, -0.15) is 0 Å². The zero-order chi connectivity index (χ0) is 15.2. The van der Waals surface area contributed by atoms with E-state index >= 15 is 0 Å². The molecule has 112 valence electrons. The van der Waals surface area contributed by atoms with Gasteiger partial charge < -0.3 is 14.8 Å². The van der Waals surface area contributed by atoms with Gasteiger partial charge in [0, 0.05) is 19.0 Å². The molecule has 2 N–H and O–H groups in total. The zero-order valence-electron chi connectivity index (χ0n) is 12.4. The summed E-state index contributed by atoms with van der Waals surface area (Å²) in [5.74, 6) is -0.293. The Kier molecular flexibility index (Phi) is 5.17. The van der Waals surface area contributed by atoms with E-state index in [0.29, 0.717) is 6.04 Å². The van der Waals surface area contributed by atoms with Crippen molar-refractivity contribution in [1.82, 2.24) is 5.32 Å². The van der Waals surface area contributed by atoms with E-state index in [4.69, 9.17) is 9.52 Å². The first-order valence-corrected chi connectivity index (χ1v) is 7.13. The van der Waals surface area contributed by atoms with Gasteiger partial charge in [0.05, 0.1) is 12.2 Å². The number of carboxylic acids is 1. The minimum absolute atomic E-state index is 0.314. The van der Waals surface area contributed by atoms with Gasteiger partial charge in [-0.25, -0.2) is 0 Å². The normalized spacial score (nSPS) is 13.8. The molecule has 21 heavy (non-hydrogen) atoms. The van der Waals surface area contributed by atoms with E-state index in [1.165, 1.54) is 0 Å². The highest BCUT2D eigenvalue weighted by atomic mass is 16.4. The van der Waals surface area contributed by atoms with Crippen LogP contribution < -0.4 is 5.32 Å². The van der Waals surface area contributed by atoms with Crippen molar-refractivity contribution in [2.24, 2.45) is 0 Å². The molecule has 0 fully saturated rings. The summed E-state index contributed by atoms with van der Waals surface area (Å²) >= 11 is 0. The lowest BCUT2D eigenvalue weighted by Gasteiger charge is -2.13. The second-order valence-electron chi connectivity index (χ2n) is 5.37. The molecule has 1 aromatic carbocycles. The molecule has 0 amide bonds. The average Bonchev–Trinajstić information content (AvgIpc) is 2.97. The summed E-state index contributed by atoms with van der Waals surface area (Å²) in [5.41, 5.74) is 1.97. The first kappa shape index (κ1) is 15.3. The van der Waals surface area contributed by atoms with Crippen LogP contribution in [-0.4, -0.2) is 17.1 Å². The molecule has 0 aliphatic carbocycles. The Morgan fingerprint density at radius 3 is 2.52 bits per heavy atom.